The molecule has 3 atom stereocenters. The minimum Gasteiger partial charge on any atom is -0.494 e. The zero-order valence-corrected chi connectivity index (χ0v) is 16.4. The monoisotopic (exact) mass is 378 g/mol. The van der Waals surface area contributed by atoms with Crippen LogP contribution in [0.2, 0.25) is 0 Å². The Labute approximate surface area is 165 Å². The van der Waals surface area contributed by atoms with E-state index in [1.807, 2.05) is 59.2 Å². The van der Waals surface area contributed by atoms with Crippen molar-refractivity contribution in [2.45, 2.75) is 19.9 Å². The van der Waals surface area contributed by atoms with Crippen molar-refractivity contribution >= 4 is 11.8 Å². The molecular formula is C23H26N2O3. The molecule has 0 aliphatic carbocycles. The van der Waals surface area contributed by atoms with Gasteiger partial charge in [-0.1, -0.05) is 36.4 Å². The summed E-state index contributed by atoms with van der Waals surface area (Å²) in [6.45, 7) is 6.22. The van der Waals surface area contributed by atoms with E-state index in [0.29, 0.717) is 37.7 Å². The topological polar surface area (TPSA) is 49.9 Å². The minimum atomic E-state index is 0.0382. The Balaban J connectivity index is 1.55. The lowest BCUT2D eigenvalue weighted by Gasteiger charge is -2.29. The first-order valence-corrected chi connectivity index (χ1v) is 9.92. The summed E-state index contributed by atoms with van der Waals surface area (Å²) in [6, 6.07) is 17.6. The highest BCUT2D eigenvalue weighted by Gasteiger charge is 2.49. The average Bonchev–Trinajstić information content (AvgIpc) is 3.26. The molecule has 0 N–H and O–H groups in total. The molecule has 5 nitrogen and oxygen atoms in total. The Morgan fingerprint density at radius 2 is 1.82 bits per heavy atom. The second-order valence-corrected chi connectivity index (χ2v) is 7.62. The smallest absolute Gasteiger partial charge is 0.254 e. The number of nitrogens with zero attached hydrogens (tertiary/aromatic N) is 2. The number of ether oxygens (including phenoxy) is 1. The van der Waals surface area contributed by atoms with Gasteiger partial charge in [0.25, 0.3) is 5.91 Å². The van der Waals surface area contributed by atoms with E-state index in [0.717, 1.165) is 11.3 Å². The molecule has 2 aromatic carbocycles. The number of hydrogen-bond acceptors (Lipinski definition) is 3. The third-order valence-corrected chi connectivity index (χ3v) is 5.89. The van der Waals surface area contributed by atoms with E-state index in [-0.39, 0.29) is 23.8 Å². The lowest BCUT2D eigenvalue weighted by molar-refractivity contribution is -0.130. The maximum atomic E-state index is 13.1. The molecule has 0 unspecified atom stereocenters. The molecule has 0 aromatic heterocycles. The van der Waals surface area contributed by atoms with Gasteiger partial charge in [-0.3, -0.25) is 9.59 Å². The molecule has 146 valence electrons. The molecular weight excluding hydrogens is 352 g/mol. The third kappa shape index (κ3) is 3.37. The predicted molar refractivity (Wildman–Crippen MR) is 107 cm³/mol. The van der Waals surface area contributed by atoms with Gasteiger partial charge in [0, 0.05) is 44.0 Å². The minimum absolute atomic E-state index is 0.0382. The Kier molecular flexibility index (Phi) is 5.07. The van der Waals surface area contributed by atoms with E-state index in [1.54, 1.807) is 6.92 Å². The molecule has 2 amide bonds. The molecule has 2 aromatic rings. The number of fused-ring (bicyclic) bond motifs is 1. The number of amides is 2. The van der Waals surface area contributed by atoms with Crippen LogP contribution < -0.4 is 4.74 Å². The summed E-state index contributed by atoms with van der Waals surface area (Å²) >= 11 is 0. The quantitative estimate of drug-likeness (QED) is 0.820. The van der Waals surface area contributed by atoms with Crippen LogP contribution in [0.25, 0.3) is 0 Å². The van der Waals surface area contributed by atoms with E-state index in [2.05, 4.69) is 12.1 Å². The van der Waals surface area contributed by atoms with Gasteiger partial charge in [-0.25, -0.2) is 0 Å². The van der Waals surface area contributed by atoms with Gasteiger partial charge in [0.2, 0.25) is 5.91 Å². The summed E-state index contributed by atoms with van der Waals surface area (Å²) in [4.78, 5) is 29.2. The number of carbonyl (C=O) groups is 2. The first-order chi connectivity index (χ1) is 13.6. The Hall–Kier alpha value is -2.82. The Morgan fingerprint density at radius 3 is 2.54 bits per heavy atom. The van der Waals surface area contributed by atoms with Crippen molar-refractivity contribution in [3.8, 4) is 5.75 Å². The van der Waals surface area contributed by atoms with E-state index >= 15 is 0 Å². The van der Waals surface area contributed by atoms with E-state index < -0.39 is 0 Å². The number of likely N-dealkylation sites (tertiary alicyclic amines) is 2. The maximum absolute atomic E-state index is 13.1. The van der Waals surface area contributed by atoms with Crippen LogP contribution in [-0.4, -0.2) is 47.9 Å². The van der Waals surface area contributed by atoms with Crippen LogP contribution in [0.4, 0.5) is 0 Å². The van der Waals surface area contributed by atoms with Crippen LogP contribution >= 0.6 is 0 Å². The van der Waals surface area contributed by atoms with Gasteiger partial charge in [0.15, 0.2) is 0 Å². The van der Waals surface area contributed by atoms with E-state index in [1.165, 1.54) is 0 Å². The second-order valence-electron chi connectivity index (χ2n) is 7.62. The van der Waals surface area contributed by atoms with Gasteiger partial charge >= 0.3 is 0 Å². The molecule has 2 aliphatic rings. The summed E-state index contributed by atoms with van der Waals surface area (Å²) in [6.07, 6.45) is 0. The Morgan fingerprint density at radius 1 is 1.04 bits per heavy atom. The average molecular weight is 378 g/mol. The zero-order valence-electron chi connectivity index (χ0n) is 16.4. The summed E-state index contributed by atoms with van der Waals surface area (Å²) in [5.41, 5.74) is 1.81. The lowest BCUT2D eigenvalue weighted by Crippen LogP contribution is -2.36. The fourth-order valence-corrected chi connectivity index (χ4v) is 4.68. The van der Waals surface area contributed by atoms with Crippen molar-refractivity contribution in [2.75, 3.05) is 26.2 Å². The van der Waals surface area contributed by atoms with Gasteiger partial charge in [-0.2, -0.15) is 0 Å². The third-order valence-electron chi connectivity index (χ3n) is 5.89. The fourth-order valence-electron chi connectivity index (χ4n) is 4.68. The number of carbonyl (C=O) groups excluding carboxylic acids is 2. The van der Waals surface area contributed by atoms with Crippen LogP contribution in [0.5, 0.6) is 5.75 Å². The van der Waals surface area contributed by atoms with Gasteiger partial charge < -0.3 is 14.5 Å². The van der Waals surface area contributed by atoms with Crippen LogP contribution in [0.1, 0.15) is 35.8 Å². The predicted octanol–water partition coefficient (Wildman–Crippen LogP) is 3.38. The van der Waals surface area contributed by atoms with Crippen LogP contribution in [0, 0.1) is 11.8 Å². The second kappa shape index (κ2) is 7.66. The zero-order chi connectivity index (χ0) is 19.7. The van der Waals surface area contributed by atoms with Crippen molar-refractivity contribution in [1.82, 2.24) is 9.80 Å². The molecule has 28 heavy (non-hydrogen) atoms. The Bertz CT molecular complexity index is 867. The molecule has 5 heteroatoms. The highest BCUT2D eigenvalue weighted by Crippen LogP contribution is 2.45. The van der Waals surface area contributed by atoms with Crippen molar-refractivity contribution in [3.05, 3.63) is 65.7 Å². The summed E-state index contributed by atoms with van der Waals surface area (Å²) in [5, 5.41) is 0. The molecule has 2 aliphatic heterocycles. The van der Waals surface area contributed by atoms with Gasteiger partial charge in [-0.05, 0) is 30.7 Å². The number of benzene rings is 2. The van der Waals surface area contributed by atoms with Crippen LogP contribution in [0.3, 0.4) is 0 Å². The molecule has 2 heterocycles. The van der Waals surface area contributed by atoms with Gasteiger partial charge in [0.05, 0.1) is 12.6 Å². The highest BCUT2D eigenvalue weighted by molar-refractivity contribution is 5.94. The van der Waals surface area contributed by atoms with Crippen molar-refractivity contribution in [1.29, 1.82) is 0 Å². The standard InChI is InChI=1S/C23H26N2O3/c1-3-28-20-11-7-10-18(12-20)23(27)24-13-19-14-25(16(2)26)22(21(19)15-24)17-8-5-4-6-9-17/h4-12,19,21-22H,3,13-15H2,1-2H3/t19-,21-,22+/m1/s1. The van der Waals surface area contributed by atoms with E-state index in [9.17, 15) is 9.59 Å². The molecule has 2 fully saturated rings. The fraction of sp³-hybridized carbons (Fsp3) is 0.391. The first-order valence-electron chi connectivity index (χ1n) is 9.92. The summed E-state index contributed by atoms with van der Waals surface area (Å²) < 4.78 is 5.53. The first kappa shape index (κ1) is 18.5. The number of rotatable bonds is 4. The van der Waals surface area contributed by atoms with Crippen molar-refractivity contribution in [2.24, 2.45) is 11.8 Å². The molecule has 0 bridgehead atoms. The largest absolute Gasteiger partial charge is 0.494 e. The lowest BCUT2D eigenvalue weighted by atomic mass is 9.89. The molecule has 0 spiro atoms. The molecule has 0 saturated carbocycles. The SMILES string of the molecule is CCOc1cccc(C(=O)N2C[C@@H]3CN(C(C)=O)[C@@H](c4ccccc4)[C@@H]3C2)c1. The van der Waals surface area contributed by atoms with Crippen LogP contribution in [-0.2, 0) is 4.79 Å². The van der Waals surface area contributed by atoms with E-state index in [4.69, 9.17) is 4.74 Å². The molecule has 4 rings (SSSR count). The normalized spacial score (nSPS) is 23.6. The van der Waals surface area contributed by atoms with Crippen LogP contribution in [0.15, 0.2) is 54.6 Å². The number of hydrogen-bond donors (Lipinski definition) is 0. The van der Waals surface area contributed by atoms with Crippen molar-refractivity contribution < 1.29 is 14.3 Å². The summed E-state index contributed by atoms with van der Waals surface area (Å²) in [5.74, 6) is 1.44. The molecule has 2 saturated heterocycles. The summed E-state index contributed by atoms with van der Waals surface area (Å²) in [7, 11) is 0. The van der Waals surface area contributed by atoms with Gasteiger partial charge in [-0.15, -0.1) is 0 Å². The van der Waals surface area contributed by atoms with Gasteiger partial charge in [0.1, 0.15) is 5.75 Å². The van der Waals surface area contributed by atoms with Crippen molar-refractivity contribution in [3.63, 3.8) is 0 Å². The maximum Gasteiger partial charge on any atom is 0.254 e. The molecule has 0 radical (unpaired) electrons. The highest BCUT2D eigenvalue weighted by atomic mass is 16.5.